The normalized spacial score (nSPS) is 12.6. The van der Waals surface area contributed by atoms with Gasteiger partial charge in [-0.3, -0.25) is 38.4 Å². The molecule has 62 heavy (non-hydrogen) atoms. The number of nitrogens with two attached hydrogens (primary N) is 1. The average Bonchev–Trinajstić information content (AvgIpc) is 3.60. The van der Waals surface area contributed by atoms with Gasteiger partial charge in [-0.15, -0.1) is 0 Å². The molecule has 3 rings (SSSR count). The van der Waals surface area contributed by atoms with Crippen LogP contribution in [0, 0.1) is 17.0 Å². The Morgan fingerprint density at radius 2 is 1.56 bits per heavy atom. The number of carboxylic acids is 1. The summed E-state index contributed by atoms with van der Waals surface area (Å²) in [6.07, 6.45) is 0.0451. The summed E-state index contributed by atoms with van der Waals surface area (Å²) < 4.78 is 31.4. The van der Waals surface area contributed by atoms with E-state index in [1.54, 1.807) is 16.8 Å². The predicted octanol–water partition coefficient (Wildman–Crippen LogP) is 2.09. The second kappa shape index (κ2) is 23.5. The van der Waals surface area contributed by atoms with Crippen LogP contribution in [0.4, 0.5) is 8.78 Å². The smallest absolute Gasteiger partial charge is 0.303 e. The Morgan fingerprint density at radius 1 is 0.871 bits per heavy atom. The van der Waals surface area contributed by atoms with Crippen LogP contribution in [0.1, 0.15) is 83.5 Å². The molecule has 0 aliphatic heterocycles. The van der Waals surface area contributed by atoms with Gasteiger partial charge in [0.1, 0.15) is 30.3 Å². The molecule has 17 nitrogen and oxygen atoms in total. The minimum atomic E-state index is -1.47. The zero-order valence-corrected chi connectivity index (χ0v) is 35.2. The number of rotatable bonds is 24. The molecule has 0 spiro atoms. The highest BCUT2D eigenvalue weighted by Gasteiger charge is 2.38. The highest BCUT2D eigenvalue weighted by molar-refractivity contribution is 5.94. The van der Waals surface area contributed by atoms with Crippen LogP contribution in [0.2, 0.25) is 0 Å². The Bertz CT molecular complexity index is 2070. The van der Waals surface area contributed by atoms with Gasteiger partial charge in [0.05, 0.1) is 25.4 Å². The van der Waals surface area contributed by atoms with Gasteiger partial charge in [0.25, 0.3) is 0 Å². The SMILES string of the molecule is CC(=O)N[C@@H](CC(N)=O)C(=O)N[C@@H](CCN(C(=O)CO)[C@@H](c1cc(-c2cc(F)ccc2F)cn1Cc1ccccc1)C(C)(C)C)C(=O)NCCCC(=O)CNC(=O)CCC(=O)O. The summed E-state index contributed by atoms with van der Waals surface area (Å²) in [6.45, 7) is 5.16. The lowest BCUT2D eigenvalue weighted by molar-refractivity contribution is -0.140. The molecule has 2 aromatic carbocycles. The fourth-order valence-corrected chi connectivity index (χ4v) is 6.78. The number of nitrogens with zero attached hydrogens (tertiary/aromatic N) is 2. The fourth-order valence-electron chi connectivity index (χ4n) is 6.78. The topological polar surface area (TPSA) is 259 Å². The molecule has 336 valence electrons. The molecule has 19 heteroatoms. The van der Waals surface area contributed by atoms with E-state index < -0.39 is 102 Å². The van der Waals surface area contributed by atoms with Crippen molar-refractivity contribution < 1.29 is 57.4 Å². The van der Waals surface area contributed by atoms with Crippen molar-refractivity contribution in [2.75, 3.05) is 26.2 Å². The Morgan fingerprint density at radius 3 is 2.18 bits per heavy atom. The van der Waals surface area contributed by atoms with E-state index in [1.165, 1.54) is 4.90 Å². The number of hydrogen-bond donors (Lipinski definition) is 7. The quantitative estimate of drug-likeness (QED) is 0.0645. The van der Waals surface area contributed by atoms with Crippen molar-refractivity contribution in [3.8, 4) is 11.1 Å². The van der Waals surface area contributed by atoms with E-state index >= 15 is 4.39 Å². The van der Waals surface area contributed by atoms with Gasteiger partial charge in [-0.25, -0.2) is 8.78 Å². The lowest BCUT2D eigenvalue weighted by atomic mass is 9.82. The zero-order chi connectivity index (χ0) is 46.1. The van der Waals surface area contributed by atoms with Crippen LogP contribution in [0.25, 0.3) is 11.1 Å². The van der Waals surface area contributed by atoms with Crippen molar-refractivity contribution in [1.29, 1.82) is 0 Å². The highest BCUT2D eigenvalue weighted by Crippen LogP contribution is 2.41. The van der Waals surface area contributed by atoms with E-state index in [-0.39, 0.29) is 57.4 Å². The lowest BCUT2D eigenvalue weighted by Crippen LogP contribution is -2.55. The van der Waals surface area contributed by atoms with Crippen LogP contribution in [0.5, 0.6) is 0 Å². The fraction of sp³-hybridized carbons (Fsp3) is 0.442. The summed E-state index contributed by atoms with van der Waals surface area (Å²) in [6, 6.07) is 10.1. The van der Waals surface area contributed by atoms with E-state index in [0.717, 1.165) is 30.7 Å². The van der Waals surface area contributed by atoms with Crippen LogP contribution in [0.15, 0.2) is 60.8 Å². The third kappa shape index (κ3) is 15.8. The first-order valence-corrected chi connectivity index (χ1v) is 19.9. The number of Topliss-reactive ketones (excluding diaryl/α,β-unsaturated/α-hetero) is 1. The van der Waals surface area contributed by atoms with Gasteiger partial charge in [-0.2, -0.15) is 0 Å². The number of primary amides is 1. The number of carbonyl (C=O) groups is 8. The van der Waals surface area contributed by atoms with Gasteiger partial charge in [-0.05, 0) is 48.1 Å². The molecule has 1 aromatic heterocycles. The van der Waals surface area contributed by atoms with Crippen molar-refractivity contribution in [3.63, 3.8) is 0 Å². The molecule has 0 saturated carbocycles. The number of aromatic nitrogens is 1. The van der Waals surface area contributed by atoms with E-state index in [0.29, 0.717) is 11.3 Å². The number of nitrogens with one attached hydrogen (secondary N) is 4. The van der Waals surface area contributed by atoms with Gasteiger partial charge in [-0.1, -0.05) is 51.1 Å². The molecular formula is C43H55F2N7O10. The molecular weight excluding hydrogens is 813 g/mol. The number of amides is 6. The van der Waals surface area contributed by atoms with Crippen molar-refractivity contribution >= 4 is 47.2 Å². The van der Waals surface area contributed by atoms with Crippen LogP contribution in [0.3, 0.4) is 0 Å². The molecule has 0 saturated heterocycles. The first-order valence-electron chi connectivity index (χ1n) is 19.9. The molecule has 0 unspecified atom stereocenters. The Hall–Kier alpha value is -6.50. The average molecular weight is 868 g/mol. The first-order chi connectivity index (χ1) is 29.2. The molecule has 0 aliphatic rings. The summed E-state index contributed by atoms with van der Waals surface area (Å²) in [5.41, 5.74) is 6.10. The molecule has 8 N–H and O–H groups in total. The van der Waals surface area contributed by atoms with Crippen LogP contribution in [-0.4, -0.2) is 105 Å². The molecule has 0 fully saturated rings. The number of ketones is 1. The maximum Gasteiger partial charge on any atom is 0.303 e. The van der Waals surface area contributed by atoms with E-state index in [1.807, 2.05) is 51.1 Å². The maximum atomic E-state index is 15.2. The van der Waals surface area contributed by atoms with Gasteiger partial charge < -0.3 is 46.7 Å². The van der Waals surface area contributed by atoms with Crippen molar-refractivity contribution in [2.45, 2.75) is 90.9 Å². The van der Waals surface area contributed by atoms with Crippen LogP contribution < -0.4 is 27.0 Å². The minimum Gasteiger partial charge on any atom is -0.481 e. The number of aliphatic carboxylic acids is 1. The van der Waals surface area contributed by atoms with Gasteiger partial charge in [0.2, 0.25) is 35.4 Å². The second-order valence-corrected chi connectivity index (χ2v) is 15.8. The Balaban J connectivity index is 1.98. The molecule has 6 amide bonds. The number of aliphatic hydroxyl groups is 1. The van der Waals surface area contributed by atoms with Gasteiger partial charge in [0.15, 0.2) is 5.78 Å². The van der Waals surface area contributed by atoms with Crippen molar-refractivity contribution in [2.24, 2.45) is 11.1 Å². The van der Waals surface area contributed by atoms with Crippen LogP contribution in [-0.2, 0) is 44.9 Å². The van der Waals surface area contributed by atoms with Crippen molar-refractivity contribution in [3.05, 3.63) is 83.7 Å². The van der Waals surface area contributed by atoms with E-state index in [4.69, 9.17) is 10.8 Å². The standard InChI is InChI=1S/C43H55F2N7O10/c1-26(54)49-34(21-36(46)56)42(62)50-33(41(61)47-17-8-11-30(55)22-48-37(57)14-15-39(59)60)16-18-52(38(58)25-53)40(43(2,3)4)35-19-28(31-20-29(44)12-13-32(31)45)24-51(35)23-27-9-6-5-7-10-27/h5-7,9-10,12-13,19-20,24,33-34,40,53H,8,11,14-18,21-23,25H2,1-4H3,(H2,46,56)(H,47,61)(H,48,57)(H,49,54)(H,50,62)(H,59,60)/t33-,34-,40-/m0/s1. The predicted molar refractivity (Wildman–Crippen MR) is 221 cm³/mol. The zero-order valence-electron chi connectivity index (χ0n) is 35.2. The third-order valence-corrected chi connectivity index (χ3v) is 9.60. The number of aliphatic hydroxyl groups excluding tert-OH is 1. The summed E-state index contributed by atoms with van der Waals surface area (Å²) >= 11 is 0. The number of benzene rings is 2. The molecule has 0 aliphatic carbocycles. The number of hydrogen-bond acceptors (Lipinski definition) is 9. The first kappa shape index (κ1) is 49.9. The molecule has 1 heterocycles. The maximum absolute atomic E-state index is 15.2. The summed E-state index contributed by atoms with van der Waals surface area (Å²) in [7, 11) is 0. The third-order valence-electron chi connectivity index (χ3n) is 9.60. The summed E-state index contributed by atoms with van der Waals surface area (Å²) in [5, 5.41) is 28.8. The lowest BCUT2D eigenvalue weighted by Gasteiger charge is -2.41. The molecule has 3 aromatic rings. The van der Waals surface area contributed by atoms with E-state index in [2.05, 4.69) is 21.3 Å². The molecule has 0 bridgehead atoms. The van der Waals surface area contributed by atoms with E-state index in [9.17, 15) is 47.9 Å². The molecule has 0 radical (unpaired) electrons. The van der Waals surface area contributed by atoms with Gasteiger partial charge in [0, 0.05) is 62.4 Å². The second-order valence-electron chi connectivity index (χ2n) is 15.8. The number of carboxylic acid groups (broad SMARTS) is 1. The van der Waals surface area contributed by atoms with Crippen molar-refractivity contribution in [1.82, 2.24) is 30.7 Å². The largest absolute Gasteiger partial charge is 0.481 e. The van der Waals surface area contributed by atoms with Crippen LogP contribution >= 0.6 is 0 Å². The monoisotopic (exact) mass is 867 g/mol. The number of halogens is 2. The molecule has 3 atom stereocenters. The minimum absolute atomic E-state index is 0.0305. The Labute approximate surface area is 357 Å². The number of carbonyl (C=O) groups excluding carboxylic acids is 7. The van der Waals surface area contributed by atoms with Gasteiger partial charge >= 0.3 is 5.97 Å². The summed E-state index contributed by atoms with van der Waals surface area (Å²) in [4.78, 5) is 101. The Kier molecular flexibility index (Phi) is 18.9. The highest BCUT2D eigenvalue weighted by atomic mass is 19.1. The summed E-state index contributed by atoms with van der Waals surface area (Å²) in [5.74, 6) is -7.61.